The SMILES string of the molecule is Cc1cc(N(C)C)ccc1CNC(=O)N(CCO)C1CC1. The number of hydrogen-bond donors (Lipinski definition) is 2. The molecule has 1 saturated carbocycles. The lowest BCUT2D eigenvalue weighted by atomic mass is 10.1. The molecule has 0 heterocycles. The summed E-state index contributed by atoms with van der Waals surface area (Å²) in [6.07, 6.45) is 2.09. The number of nitrogens with zero attached hydrogens (tertiary/aromatic N) is 2. The normalized spacial score (nSPS) is 13.9. The molecule has 2 N–H and O–H groups in total. The van der Waals surface area contributed by atoms with Gasteiger partial charge >= 0.3 is 6.03 Å². The van der Waals surface area contributed by atoms with Crippen molar-refractivity contribution in [2.75, 3.05) is 32.1 Å². The van der Waals surface area contributed by atoms with Gasteiger partial charge in [0.15, 0.2) is 0 Å². The zero-order chi connectivity index (χ0) is 15.4. The predicted octanol–water partition coefficient (Wildman–Crippen LogP) is 1.73. The topological polar surface area (TPSA) is 55.8 Å². The predicted molar refractivity (Wildman–Crippen MR) is 84.6 cm³/mol. The number of hydrogen-bond acceptors (Lipinski definition) is 3. The highest BCUT2D eigenvalue weighted by atomic mass is 16.3. The lowest BCUT2D eigenvalue weighted by Crippen LogP contribution is -2.42. The fraction of sp³-hybridized carbons (Fsp3) is 0.562. The molecule has 0 aromatic heterocycles. The second-order valence-electron chi connectivity index (χ2n) is 5.81. The van der Waals surface area contributed by atoms with Crippen LogP contribution < -0.4 is 10.2 Å². The number of benzene rings is 1. The number of aliphatic hydroxyl groups excluding tert-OH is 1. The van der Waals surface area contributed by atoms with Crippen LogP contribution in [0.5, 0.6) is 0 Å². The molecule has 116 valence electrons. The van der Waals surface area contributed by atoms with Gasteiger partial charge in [-0.2, -0.15) is 0 Å². The lowest BCUT2D eigenvalue weighted by molar-refractivity contribution is 0.173. The summed E-state index contributed by atoms with van der Waals surface area (Å²) in [6.45, 7) is 3.00. The second-order valence-corrected chi connectivity index (χ2v) is 5.81. The van der Waals surface area contributed by atoms with Gasteiger partial charge in [0.1, 0.15) is 0 Å². The van der Waals surface area contributed by atoms with Gasteiger partial charge in [-0.15, -0.1) is 0 Å². The van der Waals surface area contributed by atoms with E-state index < -0.39 is 0 Å². The first kappa shape index (κ1) is 15.6. The smallest absolute Gasteiger partial charge is 0.317 e. The fourth-order valence-electron chi connectivity index (χ4n) is 2.37. The van der Waals surface area contributed by atoms with Gasteiger partial charge < -0.3 is 20.2 Å². The van der Waals surface area contributed by atoms with E-state index in [0.29, 0.717) is 19.1 Å². The first-order chi connectivity index (χ1) is 10.0. The third-order valence-electron chi connectivity index (χ3n) is 3.86. The highest BCUT2D eigenvalue weighted by molar-refractivity contribution is 5.75. The molecule has 0 unspecified atom stereocenters. The lowest BCUT2D eigenvalue weighted by Gasteiger charge is -2.22. The van der Waals surface area contributed by atoms with Gasteiger partial charge in [0.2, 0.25) is 0 Å². The number of urea groups is 1. The molecular formula is C16H25N3O2. The molecule has 1 aliphatic carbocycles. The van der Waals surface area contributed by atoms with E-state index in [4.69, 9.17) is 5.11 Å². The minimum atomic E-state index is -0.0809. The van der Waals surface area contributed by atoms with Crippen molar-refractivity contribution in [3.05, 3.63) is 29.3 Å². The van der Waals surface area contributed by atoms with Crippen molar-refractivity contribution in [2.24, 2.45) is 0 Å². The monoisotopic (exact) mass is 291 g/mol. The number of amides is 2. The quantitative estimate of drug-likeness (QED) is 0.839. The number of aliphatic hydroxyl groups is 1. The summed E-state index contributed by atoms with van der Waals surface area (Å²) in [5.41, 5.74) is 3.44. The van der Waals surface area contributed by atoms with Crippen molar-refractivity contribution in [1.82, 2.24) is 10.2 Å². The van der Waals surface area contributed by atoms with Crippen LogP contribution in [0, 0.1) is 6.92 Å². The molecule has 0 spiro atoms. The molecule has 2 amide bonds. The summed E-state index contributed by atoms with van der Waals surface area (Å²) >= 11 is 0. The van der Waals surface area contributed by atoms with Crippen molar-refractivity contribution in [1.29, 1.82) is 0 Å². The van der Waals surface area contributed by atoms with E-state index in [0.717, 1.165) is 24.1 Å². The Balaban J connectivity index is 1.94. The van der Waals surface area contributed by atoms with Crippen LogP contribution in [0.3, 0.4) is 0 Å². The van der Waals surface area contributed by atoms with Crippen LogP contribution in [-0.2, 0) is 6.54 Å². The van der Waals surface area contributed by atoms with Crippen molar-refractivity contribution in [3.63, 3.8) is 0 Å². The third-order valence-corrected chi connectivity index (χ3v) is 3.86. The molecule has 5 heteroatoms. The summed E-state index contributed by atoms with van der Waals surface area (Å²) < 4.78 is 0. The Morgan fingerprint density at radius 2 is 2.10 bits per heavy atom. The number of anilines is 1. The van der Waals surface area contributed by atoms with Crippen LogP contribution in [0.1, 0.15) is 24.0 Å². The van der Waals surface area contributed by atoms with Crippen molar-refractivity contribution in [2.45, 2.75) is 32.4 Å². The average molecular weight is 291 g/mol. The molecule has 0 atom stereocenters. The van der Waals surface area contributed by atoms with E-state index in [1.54, 1.807) is 4.90 Å². The highest BCUT2D eigenvalue weighted by Gasteiger charge is 2.31. The molecule has 21 heavy (non-hydrogen) atoms. The Bertz CT molecular complexity index is 498. The maximum Gasteiger partial charge on any atom is 0.317 e. The van der Waals surface area contributed by atoms with Gasteiger partial charge in [0, 0.05) is 38.9 Å². The first-order valence-corrected chi connectivity index (χ1v) is 7.45. The van der Waals surface area contributed by atoms with Crippen LogP contribution in [0.15, 0.2) is 18.2 Å². The Morgan fingerprint density at radius 3 is 2.62 bits per heavy atom. The molecule has 0 aliphatic heterocycles. The summed E-state index contributed by atoms with van der Waals surface area (Å²) in [7, 11) is 4.03. The van der Waals surface area contributed by atoms with Gasteiger partial charge in [-0.1, -0.05) is 6.07 Å². The van der Waals surface area contributed by atoms with Gasteiger partial charge in [-0.25, -0.2) is 4.79 Å². The Labute approximate surface area is 126 Å². The number of carbonyl (C=O) groups is 1. The molecule has 0 saturated heterocycles. The molecule has 1 fully saturated rings. The van der Waals surface area contributed by atoms with E-state index >= 15 is 0 Å². The minimum absolute atomic E-state index is 0.0144. The molecule has 2 rings (SSSR count). The van der Waals surface area contributed by atoms with Crippen LogP contribution in [0.25, 0.3) is 0 Å². The van der Waals surface area contributed by atoms with Crippen molar-refractivity contribution < 1.29 is 9.90 Å². The first-order valence-electron chi connectivity index (χ1n) is 7.45. The third kappa shape index (κ3) is 4.11. The molecule has 1 aromatic rings. The van der Waals surface area contributed by atoms with E-state index in [1.165, 1.54) is 5.56 Å². The summed E-state index contributed by atoms with van der Waals surface area (Å²) in [5, 5.41) is 12.0. The summed E-state index contributed by atoms with van der Waals surface area (Å²) in [6, 6.07) is 6.46. The van der Waals surface area contributed by atoms with Crippen molar-refractivity contribution in [3.8, 4) is 0 Å². The van der Waals surface area contributed by atoms with E-state index in [-0.39, 0.29) is 12.6 Å². The average Bonchev–Trinajstić information content (AvgIpc) is 3.27. The van der Waals surface area contributed by atoms with Crippen molar-refractivity contribution >= 4 is 11.7 Å². The fourth-order valence-corrected chi connectivity index (χ4v) is 2.37. The molecule has 0 radical (unpaired) electrons. The van der Waals surface area contributed by atoms with Crippen LogP contribution in [0.2, 0.25) is 0 Å². The number of rotatable bonds is 6. The zero-order valence-corrected chi connectivity index (χ0v) is 13.1. The van der Waals surface area contributed by atoms with Gasteiger partial charge in [-0.3, -0.25) is 0 Å². The number of carbonyl (C=O) groups excluding carboxylic acids is 1. The number of aryl methyl sites for hydroxylation is 1. The van der Waals surface area contributed by atoms with Crippen LogP contribution >= 0.6 is 0 Å². The van der Waals surface area contributed by atoms with E-state index in [2.05, 4.69) is 35.3 Å². The standard InChI is InChI=1S/C16H25N3O2/c1-12-10-15(18(2)3)5-4-13(12)11-17-16(21)19(8-9-20)14-6-7-14/h4-5,10,14,20H,6-9,11H2,1-3H3,(H,17,21). The van der Waals surface area contributed by atoms with Gasteiger partial charge in [0.05, 0.1) is 6.61 Å². The maximum atomic E-state index is 12.2. The second kappa shape index (κ2) is 6.80. The molecular weight excluding hydrogens is 266 g/mol. The molecule has 1 aliphatic rings. The minimum Gasteiger partial charge on any atom is -0.395 e. The molecule has 0 bridgehead atoms. The van der Waals surface area contributed by atoms with Crippen LogP contribution in [-0.4, -0.2) is 49.3 Å². The molecule has 5 nitrogen and oxygen atoms in total. The largest absolute Gasteiger partial charge is 0.395 e. The Morgan fingerprint density at radius 1 is 1.38 bits per heavy atom. The van der Waals surface area contributed by atoms with E-state index in [1.807, 2.05) is 14.1 Å². The van der Waals surface area contributed by atoms with Gasteiger partial charge in [0.25, 0.3) is 0 Å². The molecule has 1 aromatic carbocycles. The van der Waals surface area contributed by atoms with Gasteiger partial charge in [-0.05, 0) is 43.0 Å². The van der Waals surface area contributed by atoms with E-state index in [9.17, 15) is 4.79 Å². The Hall–Kier alpha value is -1.75. The summed E-state index contributed by atoms with van der Waals surface area (Å²) in [5.74, 6) is 0. The zero-order valence-electron chi connectivity index (χ0n) is 13.1. The number of nitrogens with one attached hydrogen (secondary N) is 1. The Kier molecular flexibility index (Phi) is 5.07. The van der Waals surface area contributed by atoms with Crippen LogP contribution in [0.4, 0.5) is 10.5 Å². The highest BCUT2D eigenvalue weighted by Crippen LogP contribution is 2.26. The maximum absolute atomic E-state index is 12.2. The summed E-state index contributed by atoms with van der Waals surface area (Å²) in [4.78, 5) is 16.0.